The molecule has 0 fully saturated rings. The first-order chi connectivity index (χ1) is 9.24. The fourth-order valence-electron chi connectivity index (χ4n) is 2.28. The molecular formula is C14H13F2N3. The molecule has 2 N–H and O–H groups in total. The van der Waals surface area contributed by atoms with Crippen molar-refractivity contribution in [3.63, 3.8) is 0 Å². The van der Waals surface area contributed by atoms with Gasteiger partial charge in [-0.2, -0.15) is 0 Å². The normalized spacial score (nSPS) is 14.0. The Labute approximate surface area is 109 Å². The Kier molecular flexibility index (Phi) is 3.13. The summed E-state index contributed by atoms with van der Waals surface area (Å²) >= 11 is 0. The van der Waals surface area contributed by atoms with E-state index in [0.29, 0.717) is 0 Å². The quantitative estimate of drug-likeness (QED) is 0.872. The Morgan fingerprint density at radius 1 is 1.26 bits per heavy atom. The fraction of sp³-hybridized carbons (Fsp3) is 0.214. The maximum atomic E-state index is 13.6. The number of anilines is 2. The molecule has 98 valence electrons. The zero-order valence-corrected chi connectivity index (χ0v) is 10.2. The average molecular weight is 261 g/mol. The molecule has 3 rings (SSSR count). The summed E-state index contributed by atoms with van der Waals surface area (Å²) in [5.41, 5.74) is 3.18. The van der Waals surface area contributed by atoms with E-state index in [1.807, 2.05) is 18.2 Å². The van der Waals surface area contributed by atoms with Gasteiger partial charge >= 0.3 is 0 Å². The third kappa shape index (κ3) is 2.42. The lowest BCUT2D eigenvalue weighted by molar-refractivity contribution is 0.576. The standard InChI is InChI=1S/C14H13F2N3/c15-10-6-12(16)14(18-8-10)19-13-3-1-2-9-7-17-5-4-11(9)13/h1-3,6,8,17H,4-5,7H2,(H,18,19). The van der Waals surface area contributed by atoms with Gasteiger partial charge in [0.25, 0.3) is 0 Å². The van der Waals surface area contributed by atoms with Crippen LogP contribution in [-0.2, 0) is 13.0 Å². The van der Waals surface area contributed by atoms with E-state index in [-0.39, 0.29) is 5.82 Å². The van der Waals surface area contributed by atoms with Gasteiger partial charge in [0, 0.05) is 18.3 Å². The van der Waals surface area contributed by atoms with Crippen LogP contribution in [0, 0.1) is 11.6 Å². The predicted octanol–water partition coefficient (Wildman–Crippen LogP) is 2.75. The molecular weight excluding hydrogens is 248 g/mol. The molecule has 2 aromatic rings. The monoisotopic (exact) mass is 261 g/mol. The van der Waals surface area contributed by atoms with E-state index in [9.17, 15) is 8.78 Å². The van der Waals surface area contributed by atoms with Crippen molar-refractivity contribution < 1.29 is 8.78 Å². The highest BCUT2D eigenvalue weighted by atomic mass is 19.1. The summed E-state index contributed by atoms with van der Waals surface area (Å²) in [6.07, 6.45) is 1.88. The molecule has 2 heterocycles. The van der Waals surface area contributed by atoms with Gasteiger partial charge in [-0.3, -0.25) is 0 Å². The Bertz CT molecular complexity index is 614. The topological polar surface area (TPSA) is 37.0 Å². The van der Waals surface area contributed by atoms with Crippen LogP contribution in [0.3, 0.4) is 0 Å². The maximum Gasteiger partial charge on any atom is 0.168 e. The molecule has 0 saturated heterocycles. The Balaban J connectivity index is 1.95. The number of halogens is 2. The maximum absolute atomic E-state index is 13.6. The van der Waals surface area contributed by atoms with Gasteiger partial charge in [-0.05, 0) is 30.2 Å². The van der Waals surface area contributed by atoms with Gasteiger partial charge in [0.15, 0.2) is 11.6 Å². The first kappa shape index (κ1) is 12.0. The summed E-state index contributed by atoms with van der Waals surface area (Å²) in [5.74, 6) is -1.32. The molecule has 0 radical (unpaired) electrons. The van der Waals surface area contributed by atoms with Gasteiger partial charge in [0.05, 0.1) is 6.20 Å². The van der Waals surface area contributed by atoms with Crippen molar-refractivity contribution in [3.05, 3.63) is 53.2 Å². The summed E-state index contributed by atoms with van der Waals surface area (Å²) in [6, 6.07) is 6.66. The number of nitrogens with one attached hydrogen (secondary N) is 2. The second-order valence-corrected chi connectivity index (χ2v) is 4.48. The van der Waals surface area contributed by atoms with Gasteiger partial charge in [0.2, 0.25) is 0 Å². The van der Waals surface area contributed by atoms with Crippen molar-refractivity contribution in [3.8, 4) is 0 Å². The van der Waals surface area contributed by atoms with Crippen LogP contribution in [-0.4, -0.2) is 11.5 Å². The van der Waals surface area contributed by atoms with E-state index in [2.05, 4.69) is 15.6 Å². The third-order valence-corrected chi connectivity index (χ3v) is 3.20. The number of benzene rings is 1. The van der Waals surface area contributed by atoms with Crippen LogP contribution in [0.5, 0.6) is 0 Å². The lowest BCUT2D eigenvalue weighted by atomic mass is 9.99. The van der Waals surface area contributed by atoms with E-state index < -0.39 is 11.6 Å². The molecule has 0 unspecified atom stereocenters. The minimum atomic E-state index is -0.688. The highest BCUT2D eigenvalue weighted by Gasteiger charge is 2.14. The number of rotatable bonds is 2. The SMILES string of the molecule is Fc1cnc(Nc2cccc3c2CCNC3)c(F)c1. The summed E-state index contributed by atoms with van der Waals surface area (Å²) < 4.78 is 26.4. The summed E-state index contributed by atoms with van der Waals surface area (Å²) in [5, 5.41) is 6.23. The highest BCUT2D eigenvalue weighted by Crippen LogP contribution is 2.26. The number of fused-ring (bicyclic) bond motifs is 1. The Morgan fingerprint density at radius 3 is 3.00 bits per heavy atom. The fourth-order valence-corrected chi connectivity index (χ4v) is 2.28. The van der Waals surface area contributed by atoms with Crippen LogP contribution in [0.4, 0.5) is 20.3 Å². The van der Waals surface area contributed by atoms with E-state index in [1.54, 1.807) is 0 Å². The molecule has 0 saturated carbocycles. The van der Waals surface area contributed by atoms with Crippen molar-refractivity contribution in [2.24, 2.45) is 0 Å². The molecule has 19 heavy (non-hydrogen) atoms. The van der Waals surface area contributed by atoms with Crippen molar-refractivity contribution in [2.75, 3.05) is 11.9 Å². The van der Waals surface area contributed by atoms with Gasteiger partial charge in [0.1, 0.15) is 5.82 Å². The third-order valence-electron chi connectivity index (χ3n) is 3.20. The number of nitrogens with zero attached hydrogens (tertiary/aromatic N) is 1. The van der Waals surface area contributed by atoms with E-state index >= 15 is 0 Å². The first-order valence-electron chi connectivity index (χ1n) is 6.13. The number of pyridine rings is 1. The molecule has 1 aromatic heterocycles. The second kappa shape index (κ2) is 4.93. The minimum absolute atomic E-state index is 0.0494. The van der Waals surface area contributed by atoms with Crippen molar-refractivity contribution in [1.82, 2.24) is 10.3 Å². The van der Waals surface area contributed by atoms with Crippen LogP contribution in [0.15, 0.2) is 30.5 Å². The lowest BCUT2D eigenvalue weighted by Crippen LogP contribution is -2.24. The van der Waals surface area contributed by atoms with Crippen LogP contribution in [0.1, 0.15) is 11.1 Å². The average Bonchev–Trinajstić information content (AvgIpc) is 2.42. The zero-order chi connectivity index (χ0) is 13.2. The summed E-state index contributed by atoms with van der Waals surface area (Å²) in [7, 11) is 0. The molecule has 0 amide bonds. The van der Waals surface area contributed by atoms with Crippen LogP contribution >= 0.6 is 0 Å². The second-order valence-electron chi connectivity index (χ2n) is 4.48. The molecule has 1 aliphatic rings. The largest absolute Gasteiger partial charge is 0.338 e. The smallest absolute Gasteiger partial charge is 0.168 e. The molecule has 0 spiro atoms. The number of aromatic nitrogens is 1. The Morgan fingerprint density at radius 2 is 2.16 bits per heavy atom. The van der Waals surface area contributed by atoms with Gasteiger partial charge in [-0.1, -0.05) is 12.1 Å². The van der Waals surface area contributed by atoms with Crippen LogP contribution in [0.2, 0.25) is 0 Å². The van der Waals surface area contributed by atoms with Gasteiger partial charge in [-0.25, -0.2) is 13.8 Å². The number of hydrogen-bond acceptors (Lipinski definition) is 3. The molecule has 0 atom stereocenters. The van der Waals surface area contributed by atoms with Gasteiger partial charge < -0.3 is 10.6 Å². The van der Waals surface area contributed by atoms with E-state index in [4.69, 9.17) is 0 Å². The van der Waals surface area contributed by atoms with Crippen LogP contribution < -0.4 is 10.6 Å². The number of hydrogen-bond donors (Lipinski definition) is 2. The Hall–Kier alpha value is -2.01. The summed E-state index contributed by atoms with van der Waals surface area (Å²) in [4.78, 5) is 3.75. The van der Waals surface area contributed by atoms with E-state index in [0.717, 1.165) is 43.0 Å². The van der Waals surface area contributed by atoms with E-state index in [1.165, 1.54) is 5.56 Å². The molecule has 5 heteroatoms. The minimum Gasteiger partial charge on any atom is -0.338 e. The van der Waals surface area contributed by atoms with Crippen molar-refractivity contribution >= 4 is 11.5 Å². The van der Waals surface area contributed by atoms with Crippen molar-refractivity contribution in [1.29, 1.82) is 0 Å². The van der Waals surface area contributed by atoms with Crippen molar-refractivity contribution in [2.45, 2.75) is 13.0 Å². The molecule has 1 aliphatic heterocycles. The van der Waals surface area contributed by atoms with Crippen LogP contribution in [0.25, 0.3) is 0 Å². The first-order valence-corrected chi connectivity index (χ1v) is 6.13. The lowest BCUT2D eigenvalue weighted by Gasteiger charge is -2.20. The molecule has 1 aromatic carbocycles. The predicted molar refractivity (Wildman–Crippen MR) is 69.3 cm³/mol. The molecule has 0 aliphatic carbocycles. The zero-order valence-electron chi connectivity index (χ0n) is 10.2. The molecule has 0 bridgehead atoms. The summed E-state index contributed by atoms with van der Waals surface area (Å²) in [6.45, 7) is 1.70. The highest BCUT2D eigenvalue weighted by molar-refractivity contribution is 5.63. The van der Waals surface area contributed by atoms with Gasteiger partial charge in [-0.15, -0.1) is 0 Å². The molecule has 3 nitrogen and oxygen atoms in total.